The van der Waals surface area contributed by atoms with E-state index < -0.39 is 22.9 Å². The Balaban J connectivity index is 1.81. The zero-order valence-electron chi connectivity index (χ0n) is 15.4. The molecule has 1 atom stereocenters. The molecule has 0 spiro atoms. The van der Waals surface area contributed by atoms with Crippen LogP contribution >= 0.6 is 0 Å². The van der Waals surface area contributed by atoms with Crippen LogP contribution < -0.4 is 5.32 Å². The van der Waals surface area contributed by atoms with E-state index in [0.29, 0.717) is 11.1 Å². The van der Waals surface area contributed by atoms with Crippen LogP contribution in [0.2, 0.25) is 0 Å². The number of nitro groups is 1. The Morgan fingerprint density at radius 1 is 0.897 bits per heavy atom. The van der Waals surface area contributed by atoms with Crippen molar-refractivity contribution in [3.8, 4) is 0 Å². The van der Waals surface area contributed by atoms with E-state index in [0.717, 1.165) is 5.56 Å². The van der Waals surface area contributed by atoms with Crippen LogP contribution in [0.3, 0.4) is 0 Å². The van der Waals surface area contributed by atoms with Crippen LogP contribution in [0.1, 0.15) is 27.6 Å². The van der Waals surface area contributed by atoms with Gasteiger partial charge in [-0.05, 0) is 29.8 Å². The van der Waals surface area contributed by atoms with E-state index in [1.54, 1.807) is 30.3 Å². The van der Waals surface area contributed by atoms with Gasteiger partial charge in [-0.15, -0.1) is 0 Å². The van der Waals surface area contributed by atoms with Crippen LogP contribution in [-0.2, 0) is 16.1 Å². The summed E-state index contributed by atoms with van der Waals surface area (Å²) in [5.41, 5.74) is 1.41. The molecule has 0 fully saturated rings. The molecule has 1 amide bonds. The van der Waals surface area contributed by atoms with Crippen molar-refractivity contribution in [1.82, 2.24) is 5.32 Å². The minimum Gasteiger partial charge on any atom is -0.444 e. The van der Waals surface area contributed by atoms with Crippen LogP contribution in [0.15, 0.2) is 84.9 Å². The first-order chi connectivity index (χ1) is 14.0. The fourth-order valence-electron chi connectivity index (χ4n) is 2.67. The largest absolute Gasteiger partial charge is 0.444 e. The number of non-ortho nitro benzene ring substituents is 1. The van der Waals surface area contributed by atoms with E-state index in [4.69, 9.17) is 4.74 Å². The van der Waals surface area contributed by atoms with Crippen molar-refractivity contribution in [1.29, 1.82) is 0 Å². The van der Waals surface area contributed by atoms with Crippen LogP contribution in [0.25, 0.3) is 0 Å². The maximum atomic E-state index is 12.8. The van der Waals surface area contributed by atoms with Crippen molar-refractivity contribution in [3.05, 3.63) is 112 Å². The number of carbonyl (C=O) groups excluding carboxylic acids is 2. The quantitative estimate of drug-likeness (QED) is 0.376. The SMILES string of the molecule is O=C(OC(C(=O)NCc1ccccc1)c1ccc([N+](=O)[O-])cc1)c1ccccc1. The van der Waals surface area contributed by atoms with Crippen molar-refractivity contribution < 1.29 is 19.2 Å². The lowest BCUT2D eigenvalue weighted by molar-refractivity contribution is -0.384. The summed E-state index contributed by atoms with van der Waals surface area (Å²) in [6, 6.07) is 22.9. The molecule has 3 aromatic rings. The first-order valence-electron chi connectivity index (χ1n) is 8.86. The average Bonchev–Trinajstić information content (AvgIpc) is 2.77. The lowest BCUT2D eigenvalue weighted by Crippen LogP contribution is -2.31. The third kappa shape index (κ3) is 5.26. The molecule has 0 radical (unpaired) electrons. The van der Waals surface area contributed by atoms with Gasteiger partial charge >= 0.3 is 5.97 Å². The van der Waals surface area contributed by atoms with Crippen molar-refractivity contribution in [2.24, 2.45) is 0 Å². The number of carbonyl (C=O) groups is 2. The predicted octanol–water partition coefficient (Wildman–Crippen LogP) is 3.81. The second kappa shape index (κ2) is 9.27. The zero-order chi connectivity index (χ0) is 20.6. The van der Waals surface area contributed by atoms with Gasteiger partial charge in [-0.3, -0.25) is 14.9 Å². The minimum absolute atomic E-state index is 0.119. The molecule has 0 aliphatic rings. The summed E-state index contributed by atoms with van der Waals surface area (Å²) in [5.74, 6) is -1.18. The number of esters is 1. The standard InChI is InChI=1S/C22H18N2O5/c25-21(23-15-16-7-3-1-4-8-16)20(17-11-13-19(14-12-17)24(27)28)29-22(26)18-9-5-2-6-10-18/h1-14,20H,15H2,(H,23,25). The van der Waals surface area contributed by atoms with Crippen molar-refractivity contribution >= 4 is 17.6 Å². The maximum absolute atomic E-state index is 12.8. The Bertz CT molecular complexity index is 989. The molecule has 29 heavy (non-hydrogen) atoms. The normalized spacial score (nSPS) is 11.3. The van der Waals surface area contributed by atoms with E-state index >= 15 is 0 Å². The fraction of sp³-hybridized carbons (Fsp3) is 0.0909. The Labute approximate surface area is 167 Å². The summed E-state index contributed by atoms with van der Waals surface area (Å²) in [6.07, 6.45) is -1.24. The van der Waals surface area contributed by atoms with Crippen molar-refractivity contribution in [2.45, 2.75) is 12.6 Å². The molecule has 1 unspecified atom stereocenters. The number of nitro benzene ring substituents is 1. The highest BCUT2D eigenvalue weighted by Crippen LogP contribution is 2.23. The molecule has 0 aliphatic carbocycles. The molecule has 3 aromatic carbocycles. The fourth-order valence-corrected chi connectivity index (χ4v) is 2.67. The number of nitrogens with one attached hydrogen (secondary N) is 1. The molecule has 7 nitrogen and oxygen atoms in total. The number of hydrogen-bond acceptors (Lipinski definition) is 5. The number of benzene rings is 3. The second-order valence-electron chi connectivity index (χ2n) is 6.20. The van der Waals surface area contributed by atoms with E-state index in [9.17, 15) is 19.7 Å². The Morgan fingerprint density at radius 2 is 1.48 bits per heavy atom. The van der Waals surface area contributed by atoms with Gasteiger partial charge in [0.25, 0.3) is 11.6 Å². The van der Waals surface area contributed by atoms with Crippen molar-refractivity contribution in [3.63, 3.8) is 0 Å². The van der Waals surface area contributed by atoms with Gasteiger partial charge < -0.3 is 10.1 Å². The van der Waals surface area contributed by atoms with Gasteiger partial charge in [0, 0.05) is 24.2 Å². The third-order valence-corrected chi connectivity index (χ3v) is 4.19. The van der Waals surface area contributed by atoms with E-state index in [2.05, 4.69) is 5.32 Å². The van der Waals surface area contributed by atoms with Crippen LogP contribution in [0.5, 0.6) is 0 Å². The second-order valence-corrected chi connectivity index (χ2v) is 6.20. The average molecular weight is 390 g/mol. The molecule has 0 saturated carbocycles. The van der Waals surface area contributed by atoms with E-state index in [1.165, 1.54) is 24.3 Å². The first-order valence-corrected chi connectivity index (χ1v) is 8.86. The Morgan fingerprint density at radius 3 is 2.07 bits per heavy atom. The van der Waals surface area contributed by atoms with E-state index in [1.807, 2.05) is 30.3 Å². The summed E-state index contributed by atoms with van der Waals surface area (Å²) in [5, 5.41) is 13.6. The molecule has 3 rings (SSSR count). The lowest BCUT2D eigenvalue weighted by Gasteiger charge is -2.18. The molecule has 0 aromatic heterocycles. The predicted molar refractivity (Wildman–Crippen MR) is 106 cm³/mol. The summed E-state index contributed by atoms with van der Waals surface area (Å²) in [4.78, 5) is 35.6. The summed E-state index contributed by atoms with van der Waals surface area (Å²) >= 11 is 0. The van der Waals surface area contributed by atoms with Gasteiger partial charge in [0.1, 0.15) is 0 Å². The van der Waals surface area contributed by atoms with Gasteiger partial charge in [0.05, 0.1) is 10.5 Å². The first kappa shape index (κ1) is 19.8. The Hall–Kier alpha value is -4.00. The molecule has 0 heterocycles. The maximum Gasteiger partial charge on any atom is 0.339 e. The number of rotatable bonds is 7. The summed E-state index contributed by atoms with van der Waals surface area (Å²) in [6.45, 7) is 0.256. The molecule has 7 heteroatoms. The number of nitrogens with zero attached hydrogens (tertiary/aromatic N) is 1. The molecule has 0 bridgehead atoms. The van der Waals surface area contributed by atoms with Crippen LogP contribution in [-0.4, -0.2) is 16.8 Å². The van der Waals surface area contributed by atoms with Crippen LogP contribution in [0, 0.1) is 10.1 Å². The monoisotopic (exact) mass is 390 g/mol. The minimum atomic E-state index is -1.24. The molecular formula is C22H18N2O5. The van der Waals surface area contributed by atoms with Gasteiger partial charge in [0.2, 0.25) is 6.10 Å². The highest BCUT2D eigenvalue weighted by molar-refractivity contribution is 5.92. The highest BCUT2D eigenvalue weighted by atomic mass is 16.6. The molecule has 1 N–H and O–H groups in total. The molecular weight excluding hydrogens is 372 g/mol. The molecule has 0 saturated heterocycles. The molecule has 0 aliphatic heterocycles. The topological polar surface area (TPSA) is 98.5 Å². The third-order valence-electron chi connectivity index (χ3n) is 4.19. The van der Waals surface area contributed by atoms with Crippen molar-refractivity contribution in [2.75, 3.05) is 0 Å². The number of hydrogen-bond donors (Lipinski definition) is 1. The lowest BCUT2D eigenvalue weighted by atomic mass is 10.1. The van der Waals surface area contributed by atoms with Gasteiger partial charge in [-0.2, -0.15) is 0 Å². The number of amides is 1. The van der Waals surface area contributed by atoms with Gasteiger partial charge in [-0.25, -0.2) is 4.79 Å². The molecule has 146 valence electrons. The smallest absolute Gasteiger partial charge is 0.339 e. The van der Waals surface area contributed by atoms with Gasteiger partial charge in [0.15, 0.2) is 0 Å². The summed E-state index contributed by atoms with van der Waals surface area (Å²) in [7, 11) is 0. The van der Waals surface area contributed by atoms with E-state index in [-0.39, 0.29) is 12.2 Å². The summed E-state index contributed by atoms with van der Waals surface area (Å²) < 4.78 is 5.45. The van der Waals surface area contributed by atoms with Gasteiger partial charge in [-0.1, -0.05) is 48.5 Å². The Kier molecular flexibility index (Phi) is 6.32. The number of ether oxygens (including phenoxy) is 1. The van der Waals surface area contributed by atoms with Crippen LogP contribution in [0.4, 0.5) is 5.69 Å². The highest BCUT2D eigenvalue weighted by Gasteiger charge is 2.26. The zero-order valence-corrected chi connectivity index (χ0v) is 15.4.